The molecule has 0 aliphatic rings. The van der Waals surface area contributed by atoms with E-state index in [0.29, 0.717) is 4.99 Å². The Morgan fingerprint density at radius 3 is 2.16 bits per heavy atom. The SMILES string of the molecule is Cc1ccc(N(C)c2ccc(C)cc2C(N)=S)cc1. The van der Waals surface area contributed by atoms with Gasteiger partial charge in [0.25, 0.3) is 0 Å². The standard InChI is InChI=1S/C16H18N2S/c1-11-4-7-13(8-5-11)18(3)15-9-6-12(2)10-14(15)16(17)19/h4-10H,1-3H3,(H2,17,19). The molecule has 2 aromatic carbocycles. The Bertz CT molecular complexity index is 603. The number of nitrogens with two attached hydrogens (primary N) is 1. The maximum atomic E-state index is 5.83. The molecule has 0 spiro atoms. The Labute approximate surface area is 119 Å². The highest BCUT2D eigenvalue weighted by Crippen LogP contribution is 2.28. The quantitative estimate of drug-likeness (QED) is 0.862. The molecule has 0 fully saturated rings. The molecule has 0 saturated heterocycles. The van der Waals surface area contributed by atoms with Gasteiger partial charge in [0.05, 0.1) is 5.69 Å². The molecule has 19 heavy (non-hydrogen) atoms. The van der Waals surface area contributed by atoms with Crippen molar-refractivity contribution in [1.29, 1.82) is 0 Å². The fraction of sp³-hybridized carbons (Fsp3) is 0.188. The number of benzene rings is 2. The molecule has 2 nitrogen and oxygen atoms in total. The number of thiocarbonyl (C=S) groups is 1. The van der Waals surface area contributed by atoms with Gasteiger partial charge in [-0.3, -0.25) is 0 Å². The maximum Gasteiger partial charge on any atom is 0.106 e. The lowest BCUT2D eigenvalue weighted by Gasteiger charge is -2.23. The summed E-state index contributed by atoms with van der Waals surface area (Å²) in [6, 6.07) is 14.5. The number of rotatable bonds is 3. The summed E-state index contributed by atoms with van der Waals surface area (Å²) in [5.41, 5.74) is 11.3. The molecule has 0 aromatic heterocycles. The van der Waals surface area contributed by atoms with Crippen molar-refractivity contribution in [3.63, 3.8) is 0 Å². The third-order valence-corrected chi connectivity index (χ3v) is 3.42. The van der Waals surface area contributed by atoms with Crippen molar-refractivity contribution < 1.29 is 0 Å². The van der Waals surface area contributed by atoms with Crippen LogP contribution in [0.25, 0.3) is 0 Å². The molecule has 0 radical (unpaired) electrons. The number of anilines is 2. The van der Waals surface area contributed by atoms with Gasteiger partial charge in [0.15, 0.2) is 0 Å². The smallest absolute Gasteiger partial charge is 0.106 e. The summed E-state index contributed by atoms with van der Waals surface area (Å²) < 4.78 is 0. The van der Waals surface area contributed by atoms with Crippen LogP contribution in [0.4, 0.5) is 11.4 Å². The van der Waals surface area contributed by atoms with E-state index in [1.54, 1.807) is 0 Å². The first kappa shape index (κ1) is 13.6. The van der Waals surface area contributed by atoms with E-state index >= 15 is 0 Å². The highest BCUT2D eigenvalue weighted by molar-refractivity contribution is 7.80. The number of hydrogen-bond acceptors (Lipinski definition) is 2. The van der Waals surface area contributed by atoms with Gasteiger partial charge in [0.2, 0.25) is 0 Å². The molecule has 2 N–H and O–H groups in total. The first-order valence-corrected chi connectivity index (χ1v) is 6.60. The molecule has 2 rings (SSSR count). The Balaban J connectivity index is 2.46. The zero-order valence-corrected chi connectivity index (χ0v) is 12.3. The van der Waals surface area contributed by atoms with Gasteiger partial charge in [0.1, 0.15) is 4.99 Å². The van der Waals surface area contributed by atoms with Crippen LogP contribution in [0.15, 0.2) is 42.5 Å². The topological polar surface area (TPSA) is 29.3 Å². The van der Waals surface area contributed by atoms with E-state index in [-0.39, 0.29) is 0 Å². The summed E-state index contributed by atoms with van der Waals surface area (Å²) in [7, 11) is 2.02. The molecule has 3 heteroatoms. The van der Waals surface area contributed by atoms with Gasteiger partial charge >= 0.3 is 0 Å². The lowest BCUT2D eigenvalue weighted by molar-refractivity contribution is 1.19. The minimum atomic E-state index is 0.428. The average Bonchev–Trinajstić information content (AvgIpc) is 2.38. The number of hydrogen-bond donors (Lipinski definition) is 1. The third kappa shape index (κ3) is 2.93. The van der Waals surface area contributed by atoms with E-state index in [0.717, 1.165) is 22.5 Å². The molecule has 0 aliphatic heterocycles. The lowest BCUT2D eigenvalue weighted by Crippen LogP contribution is -2.18. The van der Waals surface area contributed by atoms with E-state index in [4.69, 9.17) is 18.0 Å². The van der Waals surface area contributed by atoms with Crippen LogP contribution >= 0.6 is 12.2 Å². The summed E-state index contributed by atoms with van der Waals surface area (Å²) in [6.07, 6.45) is 0. The summed E-state index contributed by atoms with van der Waals surface area (Å²) in [6.45, 7) is 4.12. The van der Waals surface area contributed by atoms with Gasteiger partial charge < -0.3 is 10.6 Å². The van der Waals surface area contributed by atoms with Gasteiger partial charge in [-0.05, 0) is 38.1 Å². The van der Waals surface area contributed by atoms with E-state index in [1.807, 2.05) is 20.0 Å². The van der Waals surface area contributed by atoms with E-state index < -0.39 is 0 Å². The van der Waals surface area contributed by atoms with Crippen LogP contribution in [0, 0.1) is 13.8 Å². The molecular formula is C16H18N2S. The predicted molar refractivity (Wildman–Crippen MR) is 86.3 cm³/mol. The monoisotopic (exact) mass is 270 g/mol. The number of nitrogens with zero attached hydrogens (tertiary/aromatic N) is 1. The van der Waals surface area contributed by atoms with E-state index in [2.05, 4.69) is 48.2 Å². The third-order valence-electron chi connectivity index (χ3n) is 3.20. The van der Waals surface area contributed by atoms with Crippen LogP contribution in [0.2, 0.25) is 0 Å². The van der Waals surface area contributed by atoms with E-state index in [1.165, 1.54) is 5.56 Å². The van der Waals surface area contributed by atoms with Gasteiger partial charge in [-0.25, -0.2) is 0 Å². The maximum absolute atomic E-state index is 5.83. The van der Waals surface area contributed by atoms with Crippen LogP contribution in [0.3, 0.4) is 0 Å². The van der Waals surface area contributed by atoms with Crippen molar-refractivity contribution in [2.75, 3.05) is 11.9 Å². The largest absolute Gasteiger partial charge is 0.389 e. The minimum Gasteiger partial charge on any atom is -0.389 e. The summed E-state index contributed by atoms with van der Waals surface area (Å²) in [4.78, 5) is 2.53. The zero-order valence-electron chi connectivity index (χ0n) is 11.5. The van der Waals surface area contributed by atoms with Crippen molar-refractivity contribution in [3.05, 3.63) is 59.2 Å². The van der Waals surface area contributed by atoms with Crippen LogP contribution in [-0.4, -0.2) is 12.0 Å². The summed E-state index contributed by atoms with van der Waals surface area (Å²) >= 11 is 5.15. The van der Waals surface area contributed by atoms with Crippen molar-refractivity contribution in [2.24, 2.45) is 5.73 Å². The molecule has 2 aromatic rings. The second-order valence-electron chi connectivity index (χ2n) is 4.78. The molecule has 0 unspecified atom stereocenters. The van der Waals surface area contributed by atoms with E-state index in [9.17, 15) is 0 Å². The van der Waals surface area contributed by atoms with Crippen molar-refractivity contribution in [1.82, 2.24) is 0 Å². The van der Waals surface area contributed by atoms with Gasteiger partial charge in [0, 0.05) is 18.3 Å². The molecule has 0 saturated carbocycles. The van der Waals surface area contributed by atoms with Crippen molar-refractivity contribution in [2.45, 2.75) is 13.8 Å². The zero-order chi connectivity index (χ0) is 14.0. The molecule has 0 bridgehead atoms. The summed E-state index contributed by atoms with van der Waals surface area (Å²) in [5.74, 6) is 0. The second kappa shape index (κ2) is 5.41. The molecule has 0 aliphatic carbocycles. The van der Waals surface area contributed by atoms with Gasteiger partial charge in [-0.1, -0.05) is 41.5 Å². The Hall–Kier alpha value is -1.87. The fourth-order valence-corrected chi connectivity index (χ4v) is 2.21. The molecular weight excluding hydrogens is 252 g/mol. The first-order valence-electron chi connectivity index (χ1n) is 6.20. The highest BCUT2D eigenvalue weighted by atomic mass is 32.1. The average molecular weight is 270 g/mol. The molecule has 0 heterocycles. The molecule has 98 valence electrons. The van der Waals surface area contributed by atoms with Crippen LogP contribution in [0.1, 0.15) is 16.7 Å². The molecule has 0 atom stereocenters. The fourth-order valence-electron chi connectivity index (χ4n) is 2.05. The first-order chi connectivity index (χ1) is 8.99. The van der Waals surface area contributed by atoms with Crippen LogP contribution < -0.4 is 10.6 Å². The van der Waals surface area contributed by atoms with Crippen molar-refractivity contribution in [3.8, 4) is 0 Å². The van der Waals surface area contributed by atoms with Gasteiger partial charge in [-0.2, -0.15) is 0 Å². The predicted octanol–water partition coefficient (Wildman–Crippen LogP) is 3.71. The highest BCUT2D eigenvalue weighted by Gasteiger charge is 2.11. The van der Waals surface area contributed by atoms with Crippen LogP contribution in [0.5, 0.6) is 0 Å². The Kier molecular flexibility index (Phi) is 3.86. The Morgan fingerprint density at radius 1 is 1.00 bits per heavy atom. The Morgan fingerprint density at radius 2 is 1.58 bits per heavy atom. The molecule has 0 amide bonds. The van der Waals surface area contributed by atoms with Gasteiger partial charge in [-0.15, -0.1) is 0 Å². The lowest BCUT2D eigenvalue weighted by atomic mass is 10.1. The van der Waals surface area contributed by atoms with Crippen molar-refractivity contribution >= 4 is 28.6 Å². The summed E-state index contributed by atoms with van der Waals surface area (Å²) in [5, 5.41) is 0. The van der Waals surface area contributed by atoms with Crippen LogP contribution in [-0.2, 0) is 0 Å². The number of aryl methyl sites for hydroxylation is 2. The minimum absolute atomic E-state index is 0.428. The normalized spacial score (nSPS) is 10.3. The second-order valence-corrected chi connectivity index (χ2v) is 5.22.